The van der Waals surface area contributed by atoms with Crippen LogP contribution < -0.4 is 10.2 Å². The molecular formula is C24H27N3O3S. The molecule has 0 atom stereocenters. The number of benzene rings is 2. The van der Waals surface area contributed by atoms with Gasteiger partial charge >= 0.3 is 0 Å². The van der Waals surface area contributed by atoms with Crippen LogP contribution in [0.1, 0.15) is 40.7 Å². The molecule has 1 fully saturated rings. The Morgan fingerprint density at radius 3 is 2.52 bits per heavy atom. The first-order valence-electron chi connectivity index (χ1n) is 10.7. The van der Waals surface area contributed by atoms with Crippen molar-refractivity contribution in [2.45, 2.75) is 37.6 Å². The number of anilines is 1. The molecule has 6 nitrogen and oxygen atoms in total. The zero-order valence-electron chi connectivity index (χ0n) is 17.7. The molecule has 2 heterocycles. The average Bonchev–Trinajstić information content (AvgIpc) is 2.80. The summed E-state index contributed by atoms with van der Waals surface area (Å²) in [7, 11) is 0. The van der Waals surface area contributed by atoms with Crippen LogP contribution in [-0.2, 0) is 16.1 Å². The lowest BCUT2D eigenvalue weighted by atomic mass is 10.1. The van der Waals surface area contributed by atoms with Crippen LogP contribution in [-0.4, -0.2) is 48.0 Å². The highest BCUT2D eigenvalue weighted by Gasteiger charge is 2.28. The Kier molecular flexibility index (Phi) is 6.61. The molecule has 1 N–H and O–H groups in total. The highest BCUT2D eigenvalue weighted by Crippen LogP contribution is 2.36. The highest BCUT2D eigenvalue weighted by molar-refractivity contribution is 8.00. The average molecular weight is 438 g/mol. The Bertz CT molecular complexity index is 984. The molecule has 1 saturated heterocycles. The molecule has 0 unspecified atom stereocenters. The molecule has 0 radical (unpaired) electrons. The van der Waals surface area contributed by atoms with Gasteiger partial charge in [0.05, 0.1) is 11.4 Å². The molecular weight excluding hydrogens is 410 g/mol. The molecule has 2 aliphatic rings. The number of aryl methyl sites for hydroxylation is 1. The number of hydrogen-bond donors (Lipinski definition) is 1. The van der Waals surface area contributed by atoms with Crippen LogP contribution in [0.25, 0.3) is 0 Å². The minimum atomic E-state index is -0.223. The third-order valence-electron chi connectivity index (χ3n) is 5.70. The van der Waals surface area contributed by atoms with Crippen molar-refractivity contribution in [2.75, 3.05) is 30.3 Å². The lowest BCUT2D eigenvalue weighted by molar-refractivity contribution is -0.123. The van der Waals surface area contributed by atoms with E-state index in [1.807, 2.05) is 48.2 Å². The van der Waals surface area contributed by atoms with Gasteiger partial charge in [-0.3, -0.25) is 14.4 Å². The number of nitrogens with one attached hydrogen (secondary N) is 1. The van der Waals surface area contributed by atoms with Gasteiger partial charge in [-0.05, 0) is 49.9 Å². The van der Waals surface area contributed by atoms with Crippen LogP contribution in [0.2, 0.25) is 0 Å². The van der Waals surface area contributed by atoms with Crippen LogP contribution in [0.15, 0.2) is 47.4 Å². The first kappa shape index (κ1) is 21.4. The normalized spacial score (nSPS) is 16.1. The number of nitrogens with zero attached hydrogens (tertiary/aromatic N) is 2. The van der Waals surface area contributed by atoms with Crippen molar-refractivity contribution in [3.05, 3.63) is 59.2 Å². The fraction of sp³-hybridized carbons (Fsp3) is 0.375. The number of thioether (sulfide) groups is 1. The fourth-order valence-corrected chi connectivity index (χ4v) is 4.81. The number of hydrogen-bond acceptors (Lipinski definition) is 4. The van der Waals surface area contributed by atoms with Gasteiger partial charge in [-0.1, -0.05) is 29.8 Å². The number of carbonyl (C=O) groups is 3. The molecule has 2 aliphatic heterocycles. The van der Waals surface area contributed by atoms with Gasteiger partial charge in [0.1, 0.15) is 6.54 Å². The zero-order valence-corrected chi connectivity index (χ0v) is 18.5. The molecule has 0 aliphatic carbocycles. The van der Waals surface area contributed by atoms with Gasteiger partial charge in [-0.2, -0.15) is 0 Å². The smallest absolute Gasteiger partial charge is 0.253 e. The highest BCUT2D eigenvalue weighted by atomic mass is 32.2. The molecule has 31 heavy (non-hydrogen) atoms. The second kappa shape index (κ2) is 9.56. The first-order chi connectivity index (χ1) is 15.0. The van der Waals surface area contributed by atoms with Gasteiger partial charge in [-0.25, -0.2) is 0 Å². The van der Waals surface area contributed by atoms with Crippen LogP contribution in [0, 0.1) is 6.92 Å². The third-order valence-corrected chi connectivity index (χ3v) is 6.75. The van der Waals surface area contributed by atoms with E-state index in [1.54, 1.807) is 6.07 Å². The largest absolute Gasteiger partial charge is 0.350 e. The topological polar surface area (TPSA) is 69.7 Å². The molecule has 3 amide bonds. The summed E-state index contributed by atoms with van der Waals surface area (Å²) in [6.07, 6.45) is 3.21. The minimum Gasteiger partial charge on any atom is -0.350 e. The maximum Gasteiger partial charge on any atom is 0.253 e. The summed E-state index contributed by atoms with van der Waals surface area (Å²) in [5, 5.41) is 2.89. The second-order valence-corrected chi connectivity index (χ2v) is 9.08. The SMILES string of the molecule is Cc1ccc(CNC(=O)CN2C(=O)CSc3ccc(C(=O)N4CCCCC4)cc32)cc1. The minimum absolute atomic E-state index is 0.00528. The van der Waals surface area contributed by atoms with Crippen molar-refractivity contribution in [1.29, 1.82) is 0 Å². The quantitative estimate of drug-likeness (QED) is 0.779. The number of rotatable bonds is 5. The number of fused-ring (bicyclic) bond motifs is 1. The summed E-state index contributed by atoms with van der Waals surface area (Å²) in [4.78, 5) is 42.4. The van der Waals surface area contributed by atoms with Crippen molar-refractivity contribution >= 4 is 35.2 Å². The van der Waals surface area contributed by atoms with Crippen LogP contribution in [0.4, 0.5) is 5.69 Å². The van der Waals surface area contributed by atoms with Crippen molar-refractivity contribution in [3.8, 4) is 0 Å². The molecule has 0 aromatic heterocycles. The van der Waals surface area contributed by atoms with E-state index in [1.165, 1.54) is 16.7 Å². The maximum atomic E-state index is 12.9. The van der Waals surface area contributed by atoms with Gasteiger partial charge in [-0.15, -0.1) is 11.8 Å². The second-order valence-electron chi connectivity index (χ2n) is 8.07. The maximum absolute atomic E-state index is 12.9. The summed E-state index contributed by atoms with van der Waals surface area (Å²) < 4.78 is 0. The molecule has 0 saturated carbocycles. The van der Waals surface area contributed by atoms with E-state index in [2.05, 4.69) is 5.32 Å². The van der Waals surface area contributed by atoms with Crippen molar-refractivity contribution < 1.29 is 14.4 Å². The Hall–Kier alpha value is -2.80. The van der Waals surface area contributed by atoms with Crippen LogP contribution in [0.3, 0.4) is 0 Å². The monoisotopic (exact) mass is 437 g/mol. The van der Waals surface area contributed by atoms with E-state index in [4.69, 9.17) is 0 Å². The zero-order chi connectivity index (χ0) is 21.8. The van der Waals surface area contributed by atoms with Crippen molar-refractivity contribution in [2.24, 2.45) is 0 Å². The predicted molar refractivity (Wildman–Crippen MR) is 122 cm³/mol. The van der Waals surface area contributed by atoms with E-state index in [0.717, 1.165) is 48.4 Å². The summed E-state index contributed by atoms with van der Waals surface area (Å²) in [6.45, 7) is 3.92. The van der Waals surface area contributed by atoms with Crippen molar-refractivity contribution in [3.63, 3.8) is 0 Å². The van der Waals surface area contributed by atoms with Crippen LogP contribution >= 0.6 is 11.8 Å². The summed E-state index contributed by atoms with van der Waals surface area (Å²) in [5.74, 6) is -0.0584. The van der Waals surface area contributed by atoms with Gasteiger partial charge < -0.3 is 15.1 Å². The van der Waals surface area contributed by atoms with Gasteiger partial charge in [0.15, 0.2) is 0 Å². The summed E-state index contributed by atoms with van der Waals surface area (Å²) in [6, 6.07) is 13.4. The molecule has 0 spiro atoms. The Balaban J connectivity index is 1.47. The fourth-order valence-electron chi connectivity index (χ4n) is 3.89. The van der Waals surface area contributed by atoms with Gasteiger partial charge in [0.2, 0.25) is 11.8 Å². The van der Waals surface area contributed by atoms with Gasteiger partial charge in [0, 0.05) is 30.1 Å². The number of carbonyl (C=O) groups excluding carboxylic acids is 3. The van der Waals surface area contributed by atoms with Crippen LogP contribution in [0.5, 0.6) is 0 Å². The Morgan fingerprint density at radius 1 is 1.03 bits per heavy atom. The first-order valence-corrected chi connectivity index (χ1v) is 11.7. The Labute approximate surface area is 187 Å². The number of amides is 3. The van der Waals surface area contributed by atoms with E-state index < -0.39 is 0 Å². The summed E-state index contributed by atoms with van der Waals surface area (Å²) >= 11 is 1.45. The molecule has 7 heteroatoms. The van der Waals surface area contributed by atoms with Crippen molar-refractivity contribution in [1.82, 2.24) is 10.2 Å². The van der Waals surface area contributed by atoms with E-state index in [9.17, 15) is 14.4 Å². The number of piperidine rings is 1. The molecule has 2 aromatic carbocycles. The van der Waals surface area contributed by atoms with E-state index in [0.29, 0.717) is 17.8 Å². The Morgan fingerprint density at radius 2 is 1.77 bits per heavy atom. The molecule has 162 valence electrons. The molecule has 2 aromatic rings. The van der Waals surface area contributed by atoms with E-state index >= 15 is 0 Å². The van der Waals surface area contributed by atoms with E-state index in [-0.39, 0.29) is 30.0 Å². The molecule has 4 rings (SSSR count). The summed E-state index contributed by atoms with van der Waals surface area (Å²) in [5.41, 5.74) is 3.39. The lowest BCUT2D eigenvalue weighted by Crippen LogP contribution is -2.43. The predicted octanol–water partition coefficient (Wildman–Crippen LogP) is 3.38. The molecule has 0 bridgehead atoms. The standard InChI is InChI=1S/C24H27N3O3S/c1-17-5-7-18(8-6-17)14-25-22(28)15-27-20-13-19(9-10-21(20)31-16-23(27)29)24(30)26-11-3-2-4-12-26/h5-10,13H,2-4,11-12,14-16H2,1H3,(H,25,28). The van der Waals surface area contributed by atoms with Gasteiger partial charge in [0.25, 0.3) is 5.91 Å². The third kappa shape index (κ3) is 5.10. The lowest BCUT2D eigenvalue weighted by Gasteiger charge is -2.30. The number of likely N-dealkylation sites (tertiary alicyclic amines) is 1.